The third kappa shape index (κ3) is 4.46. The van der Waals surface area contributed by atoms with Gasteiger partial charge in [0.15, 0.2) is 12.3 Å². The molecule has 5 N–H and O–H groups in total. The zero-order chi connectivity index (χ0) is 24.7. The van der Waals surface area contributed by atoms with Crippen molar-refractivity contribution < 1.29 is 50.8 Å². The Kier molecular flexibility index (Phi) is 6.82. The zero-order valence-electron chi connectivity index (χ0n) is 17.5. The molecule has 1 saturated heterocycles. The molecular weight excluding hydrogens is 465 g/mol. The maximum atomic E-state index is 14.1. The van der Waals surface area contributed by atoms with Crippen molar-refractivity contribution in [3.63, 3.8) is 0 Å². The number of carbonyl (C=O) groups is 3. The predicted molar refractivity (Wildman–Crippen MR) is 107 cm³/mol. The number of urea groups is 1. The van der Waals surface area contributed by atoms with Crippen molar-refractivity contribution in [2.45, 2.75) is 49.3 Å². The average Bonchev–Trinajstić information content (AvgIpc) is 3.03. The van der Waals surface area contributed by atoms with Crippen molar-refractivity contribution >= 4 is 28.0 Å². The molecule has 1 fully saturated rings. The van der Waals surface area contributed by atoms with Gasteiger partial charge < -0.3 is 20.7 Å². The lowest BCUT2D eigenvalue weighted by atomic mass is 10.1. The number of rotatable bonds is 6. The summed E-state index contributed by atoms with van der Waals surface area (Å²) in [5.41, 5.74) is 6.39. The summed E-state index contributed by atoms with van der Waals surface area (Å²) in [6.07, 6.45) is -6.97. The van der Waals surface area contributed by atoms with Crippen LogP contribution in [-0.4, -0.2) is 78.1 Å². The number of aliphatic hydroxyl groups is 2. The molecule has 6 atom stereocenters. The van der Waals surface area contributed by atoms with E-state index in [9.17, 15) is 37.4 Å². The van der Waals surface area contributed by atoms with E-state index >= 15 is 0 Å². The van der Waals surface area contributed by atoms with Crippen LogP contribution in [0.15, 0.2) is 41.2 Å². The van der Waals surface area contributed by atoms with Crippen molar-refractivity contribution in [1.29, 1.82) is 0 Å². The highest BCUT2D eigenvalue weighted by molar-refractivity contribution is 7.86. The van der Waals surface area contributed by atoms with E-state index in [0.717, 1.165) is 5.56 Å². The van der Waals surface area contributed by atoms with Gasteiger partial charge in [-0.15, -0.1) is 4.48 Å². The van der Waals surface area contributed by atoms with Crippen molar-refractivity contribution in [2.75, 3.05) is 6.61 Å². The van der Waals surface area contributed by atoms with E-state index in [1.807, 2.05) is 0 Å². The second-order valence-corrected chi connectivity index (χ2v) is 9.35. The fourth-order valence-electron chi connectivity index (χ4n) is 3.49. The summed E-state index contributed by atoms with van der Waals surface area (Å²) in [4.78, 5) is 36.8. The Morgan fingerprint density at radius 2 is 1.88 bits per heavy atom. The number of nitrogens with two attached hydrogens (primary N) is 1. The number of carbonyl (C=O) groups excluding carboxylic acids is 3. The third-order valence-electron chi connectivity index (χ3n) is 5.28. The van der Waals surface area contributed by atoms with Crippen molar-refractivity contribution in [1.82, 2.24) is 5.32 Å². The molecule has 33 heavy (non-hydrogen) atoms. The molecule has 3 rings (SSSR count). The van der Waals surface area contributed by atoms with Crippen molar-refractivity contribution in [2.24, 2.45) is 5.73 Å². The highest BCUT2D eigenvalue weighted by atomic mass is 32.2. The van der Waals surface area contributed by atoms with Crippen LogP contribution in [0, 0.1) is 6.92 Å². The molecule has 0 spiro atoms. The Labute approximate surface area is 188 Å². The molecule has 0 aromatic heterocycles. The maximum Gasteiger partial charge on any atom is 0.438 e. The van der Waals surface area contributed by atoms with E-state index < -0.39 is 75.5 Å². The van der Waals surface area contributed by atoms with Crippen molar-refractivity contribution in [3.8, 4) is 0 Å². The van der Waals surface area contributed by atoms with Gasteiger partial charge in [0.1, 0.15) is 18.2 Å². The van der Waals surface area contributed by atoms with Gasteiger partial charge in [-0.2, -0.15) is 12.8 Å². The molecule has 1 aromatic rings. The molecule has 0 aliphatic carbocycles. The van der Waals surface area contributed by atoms with Gasteiger partial charge in [0.25, 0.3) is 16.0 Å². The average molecular weight is 488 g/mol. The summed E-state index contributed by atoms with van der Waals surface area (Å²) in [6.45, 7) is 2.14. The number of nitrogens with one attached hydrogen (secondary N) is 1. The Balaban J connectivity index is 1.89. The van der Waals surface area contributed by atoms with Gasteiger partial charge in [0.2, 0.25) is 12.1 Å². The lowest BCUT2D eigenvalue weighted by molar-refractivity contribution is -0.785. The summed E-state index contributed by atoms with van der Waals surface area (Å²) < 4.78 is 47.6. The highest BCUT2D eigenvalue weighted by Gasteiger charge is 2.63. The number of quaternary nitrogens is 1. The summed E-state index contributed by atoms with van der Waals surface area (Å²) in [5, 5.41) is 22.5. The highest BCUT2D eigenvalue weighted by Crippen LogP contribution is 2.34. The number of ether oxygens (including phenoxy) is 1. The minimum atomic E-state index is -4.28. The van der Waals surface area contributed by atoms with Crippen LogP contribution in [0.1, 0.15) is 12.5 Å². The van der Waals surface area contributed by atoms with Crippen LogP contribution >= 0.6 is 0 Å². The molecule has 1 unspecified atom stereocenters. The molecule has 2 aliphatic heterocycles. The smallest absolute Gasteiger partial charge is 0.387 e. The molecule has 2 aliphatic rings. The molecule has 0 bridgehead atoms. The molecule has 2 heterocycles. The topological polar surface area (TPSA) is 182 Å². The summed E-state index contributed by atoms with van der Waals surface area (Å²) in [6, 6.07) is 2.95. The number of amides is 4. The minimum Gasteiger partial charge on any atom is -0.387 e. The van der Waals surface area contributed by atoms with Gasteiger partial charge in [-0.25, -0.2) is 14.9 Å². The first-order valence-corrected chi connectivity index (χ1v) is 11.1. The summed E-state index contributed by atoms with van der Waals surface area (Å²) in [7, 11) is -4.28. The fraction of sp³-hybridized carbons (Fsp3) is 0.421. The molecule has 1 aromatic carbocycles. The van der Waals surface area contributed by atoms with E-state index in [4.69, 9.17) is 14.7 Å². The van der Waals surface area contributed by atoms with Crippen LogP contribution < -0.4 is 11.1 Å². The van der Waals surface area contributed by atoms with Gasteiger partial charge in [-0.05, 0) is 26.0 Å². The largest absolute Gasteiger partial charge is 0.438 e. The van der Waals surface area contributed by atoms with E-state index in [1.54, 1.807) is 24.4 Å². The molecule has 12 nitrogen and oxygen atoms in total. The van der Waals surface area contributed by atoms with Crippen molar-refractivity contribution in [3.05, 3.63) is 41.9 Å². The van der Waals surface area contributed by atoms with E-state index in [2.05, 4.69) is 0 Å². The van der Waals surface area contributed by atoms with Crippen LogP contribution in [0.25, 0.3) is 0 Å². The van der Waals surface area contributed by atoms with Crippen LogP contribution in [0.2, 0.25) is 0 Å². The fourth-order valence-corrected chi connectivity index (χ4v) is 4.41. The Hall–Kier alpha value is -2.59. The first-order chi connectivity index (χ1) is 15.3. The number of hydrogen-bond acceptors (Lipinski definition) is 10. The monoisotopic (exact) mass is 488 g/mol. The van der Waals surface area contributed by atoms with Gasteiger partial charge in [-0.3, -0.25) is 8.98 Å². The molecule has 14 heteroatoms. The van der Waals surface area contributed by atoms with E-state index in [-0.39, 0.29) is 4.90 Å². The van der Waals surface area contributed by atoms with Gasteiger partial charge in [0.05, 0.1) is 11.5 Å². The molecule has 4 amide bonds. The number of imide groups is 2. The second-order valence-electron chi connectivity index (χ2n) is 7.74. The van der Waals surface area contributed by atoms with Crippen LogP contribution in [0.3, 0.4) is 0 Å². The van der Waals surface area contributed by atoms with Crippen LogP contribution in [0.4, 0.5) is 9.18 Å². The van der Waals surface area contributed by atoms with Crippen LogP contribution in [-0.2, 0) is 28.6 Å². The number of hydrogen-bond donors (Lipinski definition) is 4. The van der Waals surface area contributed by atoms with E-state index in [1.165, 1.54) is 19.1 Å². The van der Waals surface area contributed by atoms with Gasteiger partial charge in [-0.1, -0.05) is 17.7 Å². The molecule has 0 radical (unpaired) electrons. The normalized spacial score (nSPS) is 31.2. The van der Waals surface area contributed by atoms with E-state index in [0.29, 0.717) is 6.20 Å². The number of benzene rings is 1. The van der Waals surface area contributed by atoms with Crippen LogP contribution in [0.5, 0.6) is 0 Å². The summed E-state index contributed by atoms with van der Waals surface area (Å²) >= 11 is 0. The Morgan fingerprint density at radius 3 is 2.45 bits per heavy atom. The first-order valence-electron chi connectivity index (χ1n) is 9.71. The predicted octanol–water partition coefficient (Wildman–Crippen LogP) is -1.10. The summed E-state index contributed by atoms with van der Waals surface area (Å²) in [5.74, 6) is -4.08. The Bertz CT molecular complexity index is 1110. The number of nitrogens with zero attached hydrogens (tertiary/aromatic N) is 1. The molecule has 180 valence electrons. The number of aryl methyl sites for hydroxylation is 1. The lowest BCUT2D eigenvalue weighted by Crippen LogP contribution is -2.70. The Morgan fingerprint density at radius 1 is 1.27 bits per heavy atom. The standard InChI is InChI=1S/C19H22FN3O9S/c1-9-3-5-11(6-4-9)33(29,30)31-8-13-14(24)15(25)18(32-13)23(17(27)10(2)21)7-12(20)16(26)22-19(23)28/h3-7,10,13-15,18,24-25H,8,21H2,1-2H3/p+1/t10-,13+,14+,15+,18+,23?/m0/s1. The van der Waals surface area contributed by atoms with Gasteiger partial charge >= 0.3 is 11.9 Å². The molecular formula is C19H23FN3O9S+. The number of halogens is 1. The zero-order valence-corrected chi connectivity index (χ0v) is 18.4. The second kappa shape index (κ2) is 8.98. The minimum absolute atomic E-state index is 0.174. The first kappa shape index (κ1) is 25.0. The maximum absolute atomic E-state index is 14.1. The lowest BCUT2D eigenvalue weighted by Gasteiger charge is -2.37. The molecule has 0 saturated carbocycles. The number of aliphatic hydroxyl groups excluding tert-OH is 2. The quantitative estimate of drug-likeness (QED) is 0.283. The SMILES string of the molecule is Cc1ccc(S(=O)(=O)OC[C@H]2O[C@@H]([N+]3(C(=O)[C@H](C)N)C=C(F)C(=O)NC3=O)[C@H](O)[C@@H]2O)cc1. The van der Waals surface area contributed by atoms with Gasteiger partial charge in [0, 0.05) is 0 Å². The third-order valence-corrected chi connectivity index (χ3v) is 6.58.